The van der Waals surface area contributed by atoms with Gasteiger partial charge in [-0.2, -0.15) is 5.10 Å². The molecule has 0 radical (unpaired) electrons. The second kappa shape index (κ2) is 19.4. The highest BCUT2D eigenvalue weighted by Gasteiger charge is 2.51. The van der Waals surface area contributed by atoms with Gasteiger partial charge in [0, 0.05) is 68.9 Å². The lowest BCUT2D eigenvalue weighted by atomic mass is 9.89. The summed E-state index contributed by atoms with van der Waals surface area (Å²) in [7, 11) is 2.17. The number of hydrogen-bond acceptors (Lipinski definition) is 10. The number of amides is 3. The average molecular weight is 915 g/mol. The van der Waals surface area contributed by atoms with Crippen molar-refractivity contribution in [3.8, 4) is 0 Å². The van der Waals surface area contributed by atoms with E-state index in [2.05, 4.69) is 35.3 Å². The first-order chi connectivity index (χ1) is 32.4. The summed E-state index contributed by atoms with van der Waals surface area (Å²) >= 11 is 0. The molecule has 9 rings (SSSR count). The molecular weight excluding hydrogens is 849 g/mol. The first-order valence-electron chi connectivity index (χ1n) is 24.3. The lowest BCUT2D eigenvalue weighted by Gasteiger charge is -2.43. The fourth-order valence-corrected chi connectivity index (χ4v) is 10.7. The van der Waals surface area contributed by atoms with E-state index in [9.17, 15) is 24.0 Å². The van der Waals surface area contributed by atoms with Crippen LogP contribution in [0.4, 0.5) is 4.79 Å². The number of benzene rings is 2. The summed E-state index contributed by atoms with van der Waals surface area (Å²) in [5.74, 6) is -0.740. The summed E-state index contributed by atoms with van der Waals surface area (Å²) in [6.07, 6.45) is 13.3. The summed E-state index contributed by atoms with van der Waals surface area (Å²) in [4.78, 5) is 77.6. The van der Waals surface area contributed by atoms with Crippen molar-refractivity contribution in [2.24, 2.45) is 10.8 Å². The van der Waals surface area contributed by atoms with E-state index in [1.54, 1.807) is 26.3 Å². The Hall–Kier alpha value is -5.80. The molecule has 5 aliphatic rings. The molecule has 0 unspecified atom stereocenters. The van der Waals surface area contributed by atoms with Crippen molar-refractivity contribution >= 4 is 45.7 Å². The number of carbonyl (C=O) groups excluding carboxylic acids is 4. The van der Waals surface area contributed by atoms with Crippen LogP contribution in [0.1, 0.15) is 86.8 Å². The van der Waals surface area contributed by atoms with Crippen molar-refractivity contribution in [2.75, 3.05) is 59.4 Å². The molecule has 1 atom stereocenters. The van der Waals surface area contributed by atoms with Crippen LogP contribution in [-0.2, 0) is 43.7 Å². The largest absolute Gasteiger partial charge is 0.443 e. The third-order valence-corrected chi connectivity index (χ3v) is 15.3. The van der Waals surface area contributed by atoms with Crippen LogP contribution in [0.25, 0.3) is 21.8 Å². The number of piperazine rings is 1. The van der Waals surface area contributed by atoms with Gasteiger partial charge in [-0.15, -0.1) is 13.2 Å². The Bertz CT molecular complexity index is 2590. The summed E-state index contributed by atoms with van der Waals surface area (Å²) in [5.41, 5.74) is 2.74. The molecule has 3 aliphatic heterocycles. The number of aromatic nitrogens is 3. The Kier molecular flexibility index (Phi) is 13.4. The van der Waals surface area contributed by atoms with Gasteiger partial charge in [-0.1, -0.05) is 36.4 Å². The number of aryl methyl sites for hydroxylation is 1. The van der Waals surface area contributed by atoms with Gasteiger partial charge in [0.25, 0.3) is 5.56 Å². The van der Waals surface area contributed by atoms with Gasteiger partial charge < -0.3 is 29.5 Å². The second-order valence-electron chi connectivity index (χ2n) is 19.9. The number of piperidine rings is 2. The molecule has 5 heterocycles. The number of carbonyl (C=O) groups is 4. The Morgan fingerprint density at radius 2 is 1.45 bits per heavy atom. The fourth-order valence-electron chi connectivity index (χ4n) is 10.7. The normalized spacial score (nSPS) is 20.3. The Morgan fingerprint density at radius 1 is 0.806 bits per heavy atom. The number of hydrogen-bond donors (Lipinski definition) is 1. The molecule has 4 aromatic rings. The maximum absolute atomic E-state index is 14.6. The number of nitrogens with zero attached hydrogens (tertiary/aromatic N) is 7. The lowest BCUT2D eigenvalue weighted by molar-refractivity contribution is -0.155. The molecule has 356 valence electrons. The predicted molar refractivity (Wildman–Crippen MR) is 256 cm³/mol. The van der Waals surface area contributed by atoms with Gasteiger partial charge in [0.05, 0.1) is 21.9 Å². The van der Waals surface area contributed by atoms with Crippen LogP contribution < -0.4 is 10.9 Å². The number of pyridine rings is 1. The summed E-state index contributed by atoms with van der Waals surface area (Å²) in [5, 5.41) is 9.63. The van der Waals surface area contributed by atoms with Gasteiger partial charge in [0.15, 0.2) is 13.5 Å². The van der Waals surface area contributed by atoms with Crippen LogP contribution in [0.2, 0.25) is 0 Å². The van der Waals surface area contributed by atoms with Gasteiger partial charge in [0.2, 0.25) is 5.91 Å². The van der Waals surface area contributed by atoms with Crippen molar-refractivity contribution in [3.63, 3.8) is 0 Å². The molecule has 1 N–H and O–H groups in total. The van der Waals surface area contributed by atoms with Crippen LogP contribution in [-0.4, -0.2) is 129 Å². The zero-order valence-electron chi connectivity index (χ0n) is 39.3. The first kappa shape index (κ1) is 46.3. The monoisotopic (exact) mass is 915 g/mol. The number of fused-ring (bicyclic) bond motifs is 2. The van der Waals surface area contributed by atoms with Crippen LogP contribution in [0.5, 0.6) is 0 Å². The number of nitrogens with one attached hydrogen (secondary N) is 1. The van der Waals surface area contributed by atoms with Crippen molar-refractivity contribution in [3.05, 3.63) is 101 Å². The Morgan fingerprint density at radius 3 is 2.09 bits per heavy atom. The van der Waals surface area contributed by atoms with Gasteiger partial charge in [0.1, 0.15) is 6.04 Å². The Balaban J connectivity index is 0.887. The molecule has 3 saturated heterocycles. The van der Waals surface area contributed by atoms with Crippen molar-refractivity contribution in [1.82, 2.24) is 39.3 Å². The van der Waals surface area contributed by atoms with E-state index in [1.807, 2.05) is 60.5 Å². The molecule has 3 amide bonds. The van der Waals surface area contributed by atoms with E-state index in [4.69, 9.17) is 14.6 Å². The highest BCUT2D eigenvalue weighted by Crippen LogP contribution is 2.51. The lowest BCUT2D eigenvalue weighted by Crippen LogP contribution is -2.59. The summed E-state index contributed by atoms with van der Waals surface area (Å²) in [6, 6.07) is 13.0. The number of esters is 2. The number of likely N-dealkylation sites (tertiary alicyclic amines) is 2. The maximum atomic E-state index is 14.6. The number of rotatable bonds is 16. The summed E-state index contributed by atoms with van der Waals surface area (Å²) in [6.45, 7) is 15.2. The van der Waals surface area contributed by atoms with Crippen molar-refractivity contribution < 1.29 is 28.7 Å². The molecular formula is C52H66N8O7. The van der Waals surface area contributed by atoms with Crippen molar-refractivity contribution in [1.29, 1.82) is 0 Å². The van der Waals surface area contributed by atoms with E-state index >= 15 is 0 Å². The van der Waals surface area contributed by atoms with E-state index in [1.165, 1.54) is 0 Å². The molecule has 0 bridgehead atoms. The minimum atomic E-state index is -0.816. The van der Waals surface area contributed by atoms with Crippen molar-refractivity contribution in [2.45, 2.75) is 109 Å². The van der Waals surface area contributed by atoms with Crippen LogP contribution in [0.15, 0.2) is 78.8 Å². The maximum Gasteiger partial charge on any atom is 0.318 e. The standard InChI is InChI=1S/C52H66N8O7/c1-5-15-51(17-18-51)48(63)66-34-59-33-40-30-37(29-36(3)45(40)54-59)31-43(47(62)57-27-25-56(26-28-57)41-13-21-55(4)22-14-41)53-50(65)58-23-11-38(12-24-58)42-32-39-9-7-8-10-44(39)60(46(42)61)35-67-49(64)52(16-6-2)19-20-52/h5-10,29-30,32-33,38,41,43H,1-2,11-28,31,34-35H2,3-4H3,(H,53,65)/t43-/m0/s1. The molecule has 5 fully saturated rings. The topological polar surface area (TPSA) is 152 Å². The quantitative estimate of drug-likeness (QED) is 0.103. The third-order valence-electron chi connectivity index (χ3n) is 15.3. The average Bonchev–Trinajstić information content (AvgIpc) is 4.27. The molecule has 2 saturated carbocycles. The molecule has 2 aromatic carbocycles. The minimum absolute atomic E-state index is 0.00197. The van der Waals surface area contributed by atoms with E-state index in [0.29, 0.717) is 69.0 Å². The number of para-hydroxylation sites is 1. The molecule has 2 aromatic heterocycles. The smallest absolute Gasteiger partial charge is 0.318 e. The van der Waals surface area contributed by atoms with E-state index in [0.717, 1.165) is 92.1 Å². The molecule has 15 heteroatoms. The van der Waals surface area contributed by atoms with Crippen LogP contribution in [0.3, 0.4) is 0 Å². The number of ether oxygens (including phenoxy) is 2. The zero-order chi connectivity index (χ0) is 46.9. The minimum Gasteiger partial charge on any atom is -0.443 e. The summed E-state index contributed by atoms with van der Waals surface area (Å²) < 4.78 is 14.7. The second-order valence-corrected chi connectivity index (χ2v) is 19.9. The van der Waals surface area contributed by atoms with Crippen LogP contribution in [0, 0.1) is 17.8 Å². The fraction of sp³-hybridized carbons (Fsp3) is 0.538. The van der Waals surface area contributed by atoms with E-state index in [-0.39, 0.29) is 55.2 Å². The van der Waals surface area contributed by atoms with Gasteiger partial charge >= 0.3 is 18.0 Å². The Labute approximate surface area is 392 Å². The molecule has 67 heavy (non-hydrogen) atoms. The van der Waals surface area contributed by atoms with Crippen LogP contribution >= 0.6 is 0 Å². The van der Waals surface area contributed by atoms with Gasteiger partial charge in [-0.05, 0) is 132 Å². The SMILES string of the molecule is C=CCC1(C(=O)OCn2cc3cc(C[C@H](NC(=O)N4CCC(c5cc6ccccc6n(COC(=O)C6(CC=C)CC6)c5=O)CC4)C(=O)N4CCN(C5CCN(C)CC5)CC4)cc(C)c3n2)CC1. The zero-order valence-corrected chi connectivity index (χ0v) is 39.3. The molecule has 15 nitrogen and oxygen atoms in total. The first-order valence-corrected chi connectivity index (χ1v) is 24.3. The van der Waals surface area contributed by atoms with Gasteiger partial charge in [-0.25, -0.2) is 9.48 Å². The highest BCUT2D eigenvalue weighted by molar-refractivity contribution is 5.88. The number of allylic oxidation sites excluding steroid dienone is 2. The molecule has 0 spiro atoms. The van der Waals surface area contributed by atoms with Gasteiger partial charge in [-0.3, -0.25) is 28.6 Å². The highest BCUT2D eigenvalue weighted by atomic mass is 16.5. The predicted octanol–water partition coefficient (Wildman–Crippen LogP) is 6.11. The third kappa shape index (κ3) is 9.94. The van der Waals surface area contributed by atoms with E-state index < -0.39 is 16.9 Å². The number of urea groups is 1. The molecule has 2 aliphatic carbocycles.